The fraction of sp³-hybridized carbons (Fsp3) is 0. The normalized spacial score (nSPS) is 10.5. The summed E-state index contributed by atoms with van der Waals surface area (Å²) >= 11 is 0. The van der Waals surface area contributed by atoms with Crippen molar-refractivity contribution in [2.24, 2.45) is 0 Å². The van der Waals surface area contributed by atoms with Crippen LogP contribution in [0.5, 0.6) is 0 Å². The Morgan fingerprint density at radius 3 is 0.818 bits per heavy atom. The minimum Gasteiger partial charge on any atom is -0.722 e. The molecular weight excluding hydrogens is 262 g/mol. The molecule has 0 fully saturated rings. The summed E-state index contributed by atoms with van der Waals surface area (Å²) in [6.07, 6.45) is 0. The van der Waals surface area contributed by atoms with Gasteiger partial charge in [0, 0.05) is 0 Å². The summed E-state index contributed by atoms with van der Waals surface area (Å²) < 4.78 is 70.7. The first-order chi connectivity index (χ1) is 4.00. The van der Waals surface area contributed by atoms with Crippen LogP contribution in [0.2, 0.25) is 0 Å². The van der Waals surface area contributed by atoms with Gasteiger partial charge in [0.05, 0.1) is 0 Å². The zero-order valence-corrected chi connectivity index (χ0v) is 6.90. The molecule has 0 amide bonds. The van der Waals surface area contributed by atoms with Crippen molar-refractivity contribution in [3.05, 3.63) is 0 Å². The van der Waals surface area contributed by atoms with Crippen molar-refractivity contribution in [3.8, 4) is 0 Å². The van der Waals surface area contributed by atoms with Crippen molar-refractivity contribution in [1.29, 1.82) is 0 Å². The molecule has 0 saturated heterocycles. The molecular formula is CuF2O6S2. The summed E-state index contributed by atoms with van der Waals surface area (Å²) in [5, 5.41) is 0. The molecule has 73 valence electrons. The van der Waals surface area contributed by atoms with E-state index in [4.69, 9.17) is 25.9 Å². The van der Waals surface area contributed by atoms with E-state index in [1.54, 1.807) is 0 Å². The Hall–Kier alpha value is 0.199. The van der Waals surface area contributed by atoms with Crippen molar-refractivity contribution >= 4 is 21.0 Å². The molecule has 0 heterocycles. The van der Waals surface area contributed by atoms with Crippen LogP contribution in [0, 0.1) is 0 Å². The predicted molar refractivity (Wildman–Crippen MR) is 21.6 cm³/mol. The van der Waals surface area contributed by atoms with E-state index in [9.17, 15) is 7.77 Å². The molecule has 0 spiro atoms. The number of hydrogen-bond acceptors (Lipinski definition) is 6. The van der Waals surface area contributed by atoms with Crippen molar-refractivity contribution in [3.63, 3.8) is 0 Å². The summed E-state index contributed by atoms with van der Waals surface area (Å²) in [4.78, 5) is 0. The van der Waals surface area contributed by atoms with Gasteiger partial charge in [0.2, 0.25) is 0 Å². The number of hydrogen-bond donors (Lipinski definition) is 0. The van der Waals surface area contributed by atoms with Gasteiger partial charge in [-0.25, -0.2) is 16.8 Å². The third-order valence-corrected chi connectivity index (χ3v) is 0. The smallest absolute Gasteiger partial charge is 0.722 e. The monoisotopic (exact) mass is 261 g/mol. The van der Waals surface area contributed by atoms with Crippen LogP contribution in [0.25, 0.3) is 0 Å². The van der Waals surface area contributed by atoms with Gasteiger partial charge in [-0.05, 0) is 0 Å². The second-order valence-corrected chi connectivity index (χ2v) is 2.36. The van der Waals surface area contributed by atoms with Crippen molar-refractivity contribution < 1.29 is 50.8 Å². The molecule has 0 unspecified atom stereocenters. The molecule has 11 heteroatoms. The van der Waals surface area contributed by atoms with Gasteiger partial charge in [0.25, 0.3) is 21.0 Å². The molecule has 0 aromatic carbocycles. The summed E-state index contributed by atoms with van der Waals surface area (Å²) in [6, 6.07) is 0. The topological polar surface area (TPSA) is 114 Å². The molecule has 11 heavy (non-hydrogen) atoms. The minimum atomic E-state index is -5.42. The van der Waals surface area contributed by atoms with Crippen LogP contribution in [0.4, 0.5) is 7.77 Å². The Morgan fingerprint density at radius 1 is 0.818 bits per heavy atom. The van der Waals surface area contributed by atoms with Crippen LogP contribution in [-0.2, 0) is 38.1 Å². The SMILES string of the molecule is O=S(=O)([O-])F.O=S(=O)([O-])F.[Cu+2]. The molecule has 0 rings (SSSR count). The molecule has 6 nitrogen and oxygen atoms in total. The van der Waals surface area contributed by atoms with Gasteiger partial charge < -0.3 is 9.11 Å². The maximum absolute atomic E-state index is 10.1. The van der Waals surface area contributed by atoms with Gasteiger partial charge in [-0.2, -0.15) is 0 Å². The van der Waals surface area contributed by atoms with E-state index < -0.39 is 21.0 Å². The fourth-order valence-electron chi connectivity index (χ4n) is 0. The average Bonchev–Trinajstić information content (AvgIpc) is 1.12. The standard InChI is InChI=1S/Cu.2FHO3S/c;2*1-5(2,3)4/h;2*(H,2,3,4)/q+2;;/p-2. The van der Waals surface area contributed by atoms with E-state index in [0.29, 0.717) is 0 Å². The largest absolute Gasteiger partial charge is 2.00 e. The maximum Gasteiger partial charge on any atom is 2.00 e. The Labute approximate surface area is 72.2 Å². The molecule has 0 aliphatic carbocycles. The maximum atomic E-state index is 10.1. The van der Waals surface area contributed by atoms with Crippen LogP contribution in [0.3, 0.4) is 0 Å². The van der Waals surface area contributed by atoms with Gasteiger partial charge in [0.15, 0.2) is 0 Å². The zero-order valence-electron chi connectivity index (χ0n) is 4.32. The Kier molecular flexibility index (Phi) is 9.14. The second kappa shape index (κ2) is 5.80. The van der Waals surface area contributed by atoms with Gasteiger partial charge >= 0.3 is 17.1 Å². The zero-order chi connectivity index (χ0) is 9.00. The van der Waals surface area contributed by atoms with E-state index in [0.717, 1.165) is 0 Å². The Balaban J connectivity index is -0.000000107. The first-order valence-corrected chi connectivity index (χ1v) is 3.93. The van der Waals surface area contributed by atoms with Crippen LogP contribution in [-0.4, -0.2) is 25.9 Å². The minimum absolute atomic E-state index is 0. The third kappa shape index (κ3) is 17200. The van der Waals surface area contributed by atoms with E-state index >= 15 is 0 Å². The molecule has 0 aliphatic rings. The predicted octanol–water partition coefficient (Wildman–Crippen LogP) is -1.17. The van der Waals surface area contributed by atoms with E-state index in [-0.39, 0.29) is 17.1 Å². The summed E-state index contributed by atoms with van der Waals surface area (Å²) in [7, 11) is -10.8. The fourth-order valence-corrected chi connectivity index (χ4v) is 0. The van der Waals surface area contributed by atoms with Crippen LogP contribution < -0.4 is 0 Å². The molecule has 0 aromatic heterocycles. The molecule has 0 N–H and O–H groups in total. The first kappa shape index (κ1) is 17.3. The van der Waals surface area contributed by atoms with Crippen LogP contribution in [0.1, 0.15) is 0 Å². The second-order valence-electron chi connectivity index (χ2n) is 0.786. The Bertz CT molecular complexity index is 215. The number of rotatable bonds is 0. The average molecular weight is 262 g/mol. The quantitative estimate of drug-likeness (QED) is 0.308. The van der Waals surface area contributed by atoms with Crippen molar-refractivity contribution in [2.45, 2.75) is 0 Å². The van der Waals surface area contributed by atoms with E-state index in [1.807, 2.05) is 0 Å². The van der Waals surface area contributed by atoms with E-state index in [1.165, 1.54) is 0 Å². The molecule has 0 bridgehead atoms. The third-order valence-electron chi connectivity index (χ3n) is 0. The molecule has 0 saturated carbocycles. The molecule has 0 atom stereocenters. The van der Waals surface area contributed by atoms with Crippen molar-refractivity contribution in [1.82, 2.24) is 0 Å². The summed E-state index contributed by atoms with van der Waals surface area (Å²) in [6.45, 7) is 0. The van der Waals surface area contributed by atoms with Gasteiger partial charge in [-0.15, -0.1) is 7.77 Å². The molecule has 1 radical (unpaired) electrons. The Morgan fingerprint density at radius 2 is 0.818 bits per heavy atom. The van der Waals surface area contributed by atoms with Crippen LogP contribution in [0.15, 0.2) is 0 Å². The summed E-state index contributed by atoms with van der Waals surface area (Å²) in [5.74, 6) is 0. The number of halogens is 2. The van der Waals surface area contributed by atoms with E-state index in [2.05, 4.69) is 0 Å². The van der Waals surface area contributed by atoms with Gasteiger partial charge in [-0.1, -0.05) is 0 Å². The molecule has 0 aliphatic heterocycles. The van der Waals surface area contributed by atoms with Gasteiger partial charge in [0.1, 0.15) is 0 Å². The van der Waals surface area contributed by atoms with Crippen LogP contribution >= 0.6 is 0 Å². The van der Waals surface area contributed by atoms with Crippen molar-refractivity contribution in [2.75, 3.05) is 0 Å². The molecule has 0 aromatic rings. The summed E-state index contributed by atoms with van der Waals surface area (Å²) in [5.41, 5.74) is 0. The first-order valence-electron chi connectivity index (χ1n) is 1.31. The van der Waals surface area contributed by atoms with Gasteiger partial charge in [-0.3, -0.25) is 0 Å².